The summed E-state index contributed by atoms with van der Waals surface area (Å²) in [6.07, 6.45) is 7.29. The van der Waals surface area contributed by atoms with Crippen LogP contribution in [0.3, 0.4) is 0 Å². The molecule has 5 nitrogen and oxygen atoms in total. The Kier molecular flexibility index (Phi) is 6.09. The van der Waals surface area contributed by atoms with Crippen LogP contribution in [0.25, 0.3) is 0 Å². The predicted octanol–water partition coefficient (Wildman–Crippen LogP) is 2.90. The van der Waals surface area contributed by atoms with Crippen molar-refractivity contribution in [3.63, 3.8) is 0 Å². The van der Waals surface area contributed by atoms with Gasteiger partial charge in [0.25, 0.3) is 0 Å². The van der Waals surface area contributed by atoms with Crippen molar-refractivity contribution < 1.29 is 4.79 Å². The average molecular weight is 314 g/mol. The van der Waals surface area contributed by atoms with Crippen LogP contribution in [0.5, 0.6) is 0 Å². The number of rotatable bonds is 5. The van der Waals surface area contributed by atoms with Gasteiger partial charge in [-0.3, -0.25) is 4.79 Å². The number of anilines is 1. The van der Waals surface area contributed by atoms with Crippen LogP contribution in [-0.4, -0.2) is 34.4 Å². The van der Waals surface area contributed by atoms with Crippen LogP contribution in [0.2, 0.25) is 0 Å². The third-order valence-corrected chi connectivity index (χ3v) is 5.59. The predicted molar refractivity (Wildman–Crippen MR) is 84.4 cm³/mol. The molecule has 2 rings (SSSR count). The molecule has 0 radical (unpaired) electrons. The number of amides is 1. The number of nitrogens with one attached hydrogen (secondary N) is 2. The molecule has 0 unspecified atom stereocenters. The molecule has 0 aromatic carbocycles. The molecule has 1 saturated carbocycles. The second-order valence-electron chi connectivity index (χ2n) is 5.08. The average Bonchev–Trinajstić information content (AvgIpc) is 2.74. The second-order valence-corrected chi connectivity index (χ2v) is 7.65. The molecule has 1 atom stereocenters. The first-order chi connectivity index (χ1) is 9.69. The highest BCUT2D eigenvalue weighted by Gasteiger charge is 2.21. The monoisotopic (exact) mass is 314 g/mol. The summed E-state index contributed by atoms with van der Waals surface area (Å²) >= 11 is 2.95. The van der Waals surface area contributed by atoms with E-state index in [0.29, 0.717) is 6.04 Å². The van der Waals surface area contributed by atoms with E-state index in [9.17, 15) is 4.79 Å². The number of hydrogen-bond donors (Lipinski definition) is 2. The van der Waals surface area contributed by atoms with Gasteiger partial charge in [-0.2, -0.15) is 0 Å². The third kappa shape index (κ3) is 4.63. The van der Waals surface area contributed by atoms with Gasteiger partial charge in [0.1, 0.15) is 0 Å². The van der Waals surface area contributed by atoms with Gasteiger partial charge in [0, 0.05) is 13.1 Å². The zero-order chi connectivity index (χ0) is 14.4. The summed E-state index contributed by atoms with van der Waals surface area (Å²) in [5.74, 6) is 0.114. The second kappa shape index (κ2) is 7.83. The molecule has 1 amide bonds. The van der Waals surface area contributed by atoms with E-state index in [-0.39, 0.29) is 11.2 Å². The quantitative estimate of drug-likeness (QED) is 0.646. The number of hydrogen-bond acceptors (Lipinski definition) is 6. The lowest BCUT2D eigenvalue weighted by molar-refractivity contribution is -0.121. The first-order valence-corrected chi connectivity index (χ1v) is 8.87. The van der Waals surface area contributed by atoms with E-state index in [1.807, 2.05) is 14.0 Å². The fourth-order valence-corrected chi connectivity index (χ4v) is 4.16. The lowest BCUT2D eigenvalue weighted by atomic mass is 10.1. The molecule has 20 heavy (non-hydrogen) atoms. The molecule has 0 aliphatic heterocycles. The summed E-state index contributed by atoms with van der Waals surface area (Å²) in [5.41, 5.74) is 0. The van der Waals surface area contributed by atoms with Crippen molar-refractivity contribution >= 4 is 34.1 Å². The van der Waals surface area contributed by atoms with Crippen LogP contribution in [0, 0.1) is 0 Å². The number of aromatic nitrogens is 2. The maximum Gasteiger partial charge on any atom is 0.233 e. The Morgan fingerprint density at radius 1 is 1.30 bits per heavy atom. The minimum absolute atomic E-state index is 0.114. The molecule has 0 saturated heterocycles. The summed E-state index contributed by atoms with van der Waals surface area (Å²) in [7, 11) is 1.82. The van der Waals surface area contributed by atoms with Crippen molar-refractivity contribution in [2.45, 2.75) is 61.1 Å². The van der Waals surface area contributed by atoms with Crippen molar-refractivity contribution in [3.8, 4) is 0 Å². The van der Waals surface area contributed by atoms with Crippen LogP contribution in [0.15, 0.2) is 4.34 Å². The number of carbonyl (C=O) groups excluding carboxylic acids is 1. The van der Waals surface area contributed by atoms with E-state index >= 15 is 0 Å². The molecular weight excluding hydrogens is 292 g/mol. The first kappa shape index (κ1) is 15.6. The lowest BCUT2D eigenvalue weighted by Gasteiger charge is -2.18. The Hall–Kier alpha value is -0.820. The summed E-state index contributed by atoms with van der Waals surface area (Å²) in [6.45, 7) is 1.93. The summed E-state index contributed by atoms with van der Waals surface area (Å²) in [5, 5.41) is 14.8. The largest absolute Gasteiger partial charge is 0.363 e. The Balaban J connectivity index is 1.81. The highest BCUT2D eigenvalue weighted by molar-refractivity contribution is 8.02. The molecule has 1 aliphatic rings. The van der Waals surface area contributed by atoms with Crippen molar-refractivity contribution in [2.24, 2.45) is 0 Å². The van der Waals surface area contributed by atoms with Crippen molar-refractivity contribution in [1.29, 1.82) is 0 Å². The third-order valence-electron chi connectivity index (χ3n) is 3.47. The molecule has 1 aromatic heterocycles. The molecular formula is C13H22N4OS2. The van der Waals surface area contributed by atoms with Crippen LogP contribution >= 0.6 is 23.1 Å². The zero-order valence-electron chi connectivity index (χ0n) is 12.0. The fraction of sp³-hybridized carbons (Fsp3) is 0.769. The van der Waals surface area contributed by atoms with Gasteiger partial charge in [-0.25, -0.2) is 0 Å². The summed E-state index contributed by atoms with van der Waals surface area (Å²) in [4.78, 5) is 12.2. The SMILES string of the molecule is CNc1nnc(S[C@H](C)C(=O)NC2CCCCCC2)s1. The maximum atomic E-state index is 12.2. The molecule has 112 valence electrons. The van der Waals surface area contributed by atoms with Crippen molar-refractivity contribution in [3.05, 3.63) is 0 Å². The molecule has 7 heteroatoms. The van der Waals surface area contributed by atoms with E-state index in [4.69, 9.17) is 0 Å². The van der Waals surface area contributed by atoms with E-state index in [2.05, 4.69) is 20.8 Å². The van der Waals surface area contributed by atoms with Crippen LogP contribution in [0.1, 0.15) is 45.4 Å². The van der Waals surface area contributed by atoms with Gasteiger partial charge in [-0.1, -0.05) is 48.8 Å². The molecule has 0 spiro atoms. The number of thioether (sulfide) groups is 1. The normalized spacial score (nSPS) is 18.3. The van der Waals surface area contributed by atoms with Crippen LogP contribution in [-0.2, 0) is 4.79 Å². The van der Waals surface area contributed by atoms with E-state index < -0.39 is 0 Å². The van der Waals surface area contributed by atoms with E-state index in [1.54, 1.807) is 0 Å². The standard InChI is InChI=1S/C13H22N4OS2/c1-9(19-13-17-16-12(14-2)20-13)11(18)15-10-7-5-3-4-6-8-10/h9-10H,3-8H2,1-2H3,(H,14,16)(H,15,18)/t9-/m1/s1. The molecule has 1 heterocycles. The van der Waals surface area contributed by atoms with Gasteiger partial charge < -0.3 is 10.6 Å². The Bertz CT molecular complexity index is 430. The summed E-state index contributed by atoms with van der Waals surface area (Å²) < 4.78 is 0.831. The topological polar surface area (TPSA) is 66.9 Å². The minimum Gasteiger partial charge on any atom is -0.363 e. The van der Waals surface area contributed by atoms with Gasteiger partial charge in [0.2, 0.25) is 11.0 Å². The molecule has 1 aliphatic carbocycles. The molecule has 2 N–H and O–H groups in total. The maximum absolute atomic E-state index is 12.2. The fourth-order valence-electron chi connectivity index (χ4n) is 2.31. The van der Waals surface area contributed by atoms with Gasteiger partial charge in [0.15, 0.2) is 4.34 Å². The van der Waals surface area contributed by atoms with Gasteiger partial charge in [-0.15, -0.1) is 10.2 Å². The Labute approximate surface area is 128 Å². The highest BCUT2D eigenvalue weighted by Crippen LogP contribution is 2.29. The molecule has 1 fully saturated rings. The minimum atomic E-state index is -0.129. The van der Waals surface area contributed by atoms with E-state index in [1.165, 1.54) is 48.8 Å². The van der Waals surface area contributed by atoms with Gasteiger partial charge >= 0.3 is 0 Å². The van der Waals surface area contributed by atoms with Gasteiger partial charge in [-0.05, 0) is 19.8 Å². The van der Waals surface area contributed by atoms with Crippen LogP contribution < -0.4 is 10.6 Å². The van der Waals surface area contributed by atoms with Crippen molar-refractivity contribution in [1.82, 2.24) is 15.5 Å². The highest BCUT2D eigenvalue weighted by atomic mass is 32.2. The van der Waals surface area contributed by atoms with E-state index in [0.717, 1.165) is 22.3 Å². The van der Waals surface area contributed by atoms with Crippen molar-refractivity contribution in [2.75, 3.05) is 12.4 Å². The van der Waals surface area contributed by atoms with Gasteiger partial charge in [0.05, 0.1) is 5.25 Å². The zero-order valence-corrected chi connectivity index (χ0v) is 13.6. The smallest absolute Gasteiger partial charge is 0.233 e. The lowest BCUT2D eigenvalue weighted by Crippen LogP contribution is -2.39. The Morgan fingerprint density at radius 3 is 2.60 bits per heavy atom. The Morgan fingerprint density at radius 2 is 2.00 bits per heavy atom. The molecule has 0 bridgehead atoms. The number of nitrogens with zero attached hydrogens (tertiary/aromatic N) is 2. The first-order valence-electron chi connectivity index (χ1n) is 7.17. The molecule has 1 aromatic rings. The van der Waals surface area contributed by atoms with Crippen LogP contribution in [0.4, 0.5) is 5.13 Å². The summed E-state index contributed by atoms with van der Waals surface area (Å²) in [6, 6.07) is 0.357. The number of carbonyl (C=O) groups is 1.